The molecule has 2 aromatic heterocycles. The van der Waals surface area contributed by atoms with Crippen LogP contribution in [-0.2, 0) is 13.0 Å². The molecule has 6 heteroatoms. The highest BCUT2D eigenvalue weighted by Crippen LogP contribution is 2.26. The summed E-state index contributed by atoms with van der Waals surface area (Å²) in [7, 11) is 0. The van der Waals surface area contributed by atoms with E-state index in [4.69, 9.17) is 23.2 Å². The Bertz CT molecular complexity index is 1480. The number of hydrogen-bond acceptors (Lipinski definition) is 2. The third kappa shape index (κ3) is 6.02. The van der Waals surface area contributed by atoms with Crippen LogP contribution < -0.4 is 0 Å². The summed E-state index contributed by atoms with van der Waals surface area (Å²) in [6, 6.07) is 21.5. The molecule has 0 aliphatic carbocycles. The van der Waals surface area contributed by atoms with Gasteiger partial charge in [-0.05, 0) is 62.2 Å². The second-order valence-corrected chi connectivity index (χ2v) is 9.01. The van der Waals surface area contributed by atoms with Gasteiger partial charge in [0.15, 0.2) is 11.6 Å². The van der Waals surface area contributed by atoms with Gasteiger partial charge in [-0.1, -0.05) is 61.0 Å². The van der Waals surface area contributed by atoms with E-state index in [9.17, 15) is 9.59 Å². The van der Waals surface area contributed by atoms with Gasteiger partial charge in [0.25, 0.3) is 0 Å². The minimum Gasteiger partial charge on any atom is -0.360 e. The summed E-state index contributed by atoms with van der Waals surface area (Å²) in [5.74, 6) is 0.120. The Morgan fingerprint density at radius 1 is 0.829 bits per heavy atom. The standard InChI is InChI=1S/C18H16ClNO.C10H8ClNO.CH4/c1-13(21)17-12-20(10-9-14-5-3-2-4-6-14)18-8-7-15(19)11-16(17)18;1-6(13)9-5-12-10-3-2-7(11)4-8(9)10;/h2-8,11-12H,9-10H2,1H3;2-5,12H,1H3;1H4. The van der Waals surface area contributed by atoms with Crippen LogP contribution in [0.5, 0.6) is 0 Å². The molecule has 180 valence electrons. The van der Waals surface area contributed by atoms with Gasteiger partial charge in [0.2, 0.25) is 0 Å². The molecular weight excluding hydrogens is 479 g/mol. The average molecular weight is 507 g/mol. The van der Waals surface area contributed by atoms with Crippen molar-refractivity contribution in [1.82, 2.24) is 9.55 Å². The number of nitrogens with zero attached hydrogens (tertiary/aromatic N) is 1. The van der Waals surface area contributed by atoms with Crippen molar-refractivity contribution in [2.24, 2.45) is 0 Å². The van der Waals surface area contributed by atoms with Crippen LogP contribution in [-0.4, -0.2) is 21.1 Å². The highest BCUT2D eigenvalue weighted by atomic mass is 35.5. The van der Waals surface area contributed by atoms with E-state index in [-0.39, 0.29) is 19.0 Å². The summed E-state index contributed by atoms with van der Waals surface area (Å²) in [6.07, 6.45) is 4.58. The maximum Gasteiger partial charge on any atom is 0.161 e. The van der Waals surface area contributed by atoms with Crippen molar-refractivity contribution >= 4 is 56.6 Å². The zero-order valence-electron chi connectivity index (χ0n) is 18.9. The van der Waals surface area contributed by atoms with E-state index in [2.05, 4.69) is 21.7 Å². The Balaban J connectivity index is 0.000000211. The van der Waals surface area contributed by atoms with Gasteiger partial charge < -0.3 is 9.55 Å². The lowest BCUT2D eigenvalue weighted by atomic mass is 10.1. The minimum atomic E-state index is 0. The summed E-state index contributed by atoms with van der Waals surface area (Å²) >= 11 is 11.9. The lowest BCUT2D eigenvalue weighted by Crippen LogP contribution is -2.00. The first-order valence-electron chi connectivity index (χ1n) is 10.9. The molecule has 0 amide bonds. The second kappa shape index (κ2) is 11.4. The summed E-state index contributed by atoms with van der Waals surface area (Å²) in [4.78, 5) is 26.0. The molecule has 5 rings (SSSR count). The topological polar surface area (TPSA) is 54.9 Å². The predicted octanol–water partition coefficient (Wildman–Crippen LogP) is 8.40. The summed E-state index contributed by atoms with van der Waals surface area (Å²) in [5, 5.41) is 3.13. The molecule has 0 aliphatic rings. The van der Waals surface area contributed by atoms with E-state index >= 15 is 0 Å². The number of nitrogens with one attached hydrogen (secondary N) is 1. The first-order chi connectivity index (χ1) is 16.3. The summed E-state index contributed by atoms with van der Waals surface area (Å²) in [6.45, 7) is 3.98. The molecule has 0 fully saturated rings. The van der Waals surface area contributed by atoms with Crippen molar-refractivity contribution in [3.05, 3.63) is 106 Å². The fourth-order valence-electron chi connectivity index (χ4n) is 4.01. The number of H-pyrrole nitrogens is 1. The zero-order valence-corrected chi connectivity index (χ0v) is 20.5. The Kier molecular flexibility index (Phi) is 8.55. The van der Waals surface area contributed by atoms with Crippen LogP contribution in [0.25, 0.3) is 21.8 Å². The van der Waals surface area contributed by atoms with Crippen molar-refractivity contribution in [3.63, 3.8) is 0 Å². The van der Waals surface area contributed by atoms with E-state index in [1.165, 1.54) is 5.56 Å². The Hall–Kier alpha value is -3.34. The maximum atomic E-state index is 11.8. The van der Waals surface area contributed by atoms with Gasteiger partial charge in [-0.25, -0.2) is 0 Å². The Morgan fingerprint density at radius 2 is 1.46 bits per heavy atom. The second-order valence-electron chi connectivity index (χ2n) is 8.14. The molecule has 1 N–H and O–H groups in total. The fraction of sp³-hybridized carbons (Fsp3) is 0.172. The van der Waals surface area contributed by atoms with Gasteiger partial charge in [0, 0.05) is 61.9 Å². The lowest BCUT2D eigenvalue weighted by molar-refractivity contribution is 0.101. The van der Waals surface area contributed by atoms with E-state index in [0.29, 0.717) is 15.6 Å². The van der Waals surface area contributed by atoms with E-state index in [1.807, 2.05) is 48.7 Å². The van der Waals surface area contributed by atoms with Gasteiger partial charge in [-0.2, -0.15) is 0 Å². The average Bonchev–Trinajstić information content (AvgIpc) is 3.40. The molecule has 5 aromatic rings. The first kappa shape index (κ1) is 26.3. The number of ketones is 2. The molecule has 2 heterocycles. The molecule has 0 aliphatic heterocycles. The van der Waals surface area contributed by atoms with Crippen LogP contribution >= 0.6 is 23.2 Å². The zero-order chi connectivity index (χ0) is 24.2. The highest BCUT2D eigenvalue weighted by molar-refractivity contribution is 6.32. The number of halogens is 2. The molecule has 3 aromatic carbocycles. The molecule has 0 spiro atoms. The quantitative estimate of drug-likeness (QED) is 0.243. The smallest absolute Gasteiger partial charge is 0.161 e. The fourth-order valence-corrected chi connectivity index (χ4v) is 4.36. The molecule has 4 nitrogen and oxygen atoms in total. The Morgan fingerprint density at radius 3 is 2.11 bits per heavy atom. The van der Waals surface area contributed by atoms with E-state index in [0.717, 1.165) is 40.3 Å². The lowest BCUT2D eigenvalue weighted by Gasteiger charge is -2.05. The molecule has 0 bridgehead atoms. The number of rotatable bonds is 5. The monoisotopic (exact) mass is 506 g/mol. The van der Waals surface area contributed by atoms with Crippen LogP contribution in [0.4, 0.5) is 0 Å². The molecule has 0 atom stereocenters. The molecule has 35 heavy (non-hydrogen) atoms. The summed E-state index contributed by atoms with van der Waals surface area (Å²) in [5.41, 5.74) is 4.71. The number of benzene rings is 3. The van der Waals surface area contributed by atoms with Crippen molar-refractivity contribution in [2.75, 3.05) is 0 Å². The third-order valence-electron chi connectivity index (χ3n) is 5.73. The SMILES string of the molecule is C.CC(=O)c1c[nH]c2ccc(Cl)cc12.CC(=O)c1cn(CCc2ccccc2)c2ccc(Cl)cc12. The van der Waals surface area contributed by atoms with E-state index in [1.54, 1.807) is 32.2 Å². The van der Waals surface area contributed by atoms with Gasteiger partial charge in [-0.15, -0.1) is 0 Å². The van der Waals surface area contributed by atoms with Crippen molar-refractivity contribution in [1.29, 1.82) is 0 Å². The van der Waals surface area contributed by atoms with Crippen LogP contribution in [0, 0.1) is 0 Å². The number of aromatic amines is 1. The molecule has 0 radical (unpaired) electrons. The van der Waals surface area contributed by atoms with Gasteiger partial charge in [-0.3, -0.25) is 9.59 Å². The first-order valence-corrected chi connectivity index (χ1v) is 11.7. The number of hydrogen-bond donors (Lipinski definition) is 1. The highest BCUT2D eigenvalue weighted by Gasteiger charge is 2.12. The largest absolute Gasteiger partial charge is 0.360 e. The number of carbonyl (C=O) groups excluding carboxylic acids is 2. The summed E-state index contributed by atoms with van der Waals surface area (Å²) < 4.78 is 2.13. The number of aromatic nitrogens is 2. The number of fused-ring (bicyclic) bond motifs is 2. The minimum absolute atomic E-state index is 0. The third-order valence-corrected chi connectivity index (χ3v) is 6.20. The van der Waals surface area contributed by atoms with Crippen molar-refractivity contribution in [2.45, 2.75) is 34.2 Å². The van der Waals surface area contributed by atoms with Gasteiger partial charge in [0.05, 0.1) is 0 Å². The van der Waals surface area contributed by atoms with Gasteiger partial charge in [0.1, 0.15) is 0 Å². The molecular formula is C29H28Cl2N2O2. The Labute approximate surface area is 215 Å². The number of Topliss-reactive ketones (excluding diaryl/α,β-unsaturated/α-hetero) is 2. The molecule has 0 unspecified atom stereocenters. The van der Waals surface area contributed by atoms with Crippen molar-refractivity contribution < 1.29 is 9.59 Å². The molecule has 0 saturated carbocycles. The van der Waals surface area contributed by atoms with Crippen LogP contribution in [0.1, 0.15) is 47.6 Å². The van der Waals surface area contributed by atoms with Crippen LogP contribution in [0.2, 0.25) is 10.0 Å². The maximum absolute atomic E-state index is 11.8. The van der Waals surface area contributed by atoms with Crippen molar-refractivity contribution in [3.8, 4) is 0 Å². The van der Waals surface area contributed by atoms with Crippen LogP contribution in [0.15, 0.2) is 79.1 Å². The number of aryl methyl sites for hydroxylation is 2. The predicted molar refractivity (Wildman–Crippen MR) is 147 cm³/mol. The van der Waals surface area contributed by atoms with Crippen LogP contribution in [0.3, 0.4) is 0 Å². The molecule has 0 saturated heterocycles. The normalized spacial score (nSPS) is 10.5. The van der Waals surface area contributed by atoms with Gasteiger partial charge >= 0.3 is 0 Å². The van der Waals surface area contributed by atoms with E-state index < -0.39 is 0 Å². The number of carbonyl (C=O) groups is 2.